The minimum Gasteiger partial charge on any atom is -0.394 e. The summed E-state index contributed by atoms with van der Waals surface area (Å²) < 4.78 is 35.3. The van der Waals surface area contributed by atoms with Gasteiger partial charge in [-0.05, 0) is 6.92 Å². The van der Waals surface area contributed by atoms with Crippen LogP contribution < -0.4 is 11.2 Å². The summed E-state index contributed by atoms with van der Waals surface area (Å²) in [7, 11) is -5.03. The predicted octanol–water partition coefficient (Wildman–Crippen LogP) is -1.45. The number of H-pyrrole nitrogens is 1. The van der Waals surface area contributed by atoms with E-state index in [2.05, 4.69) is 4.52 Å². The standard InChI is InChI=1S/C10H14FN2O8P/c1-4-2-13(10(16)12-8(4)15)9-6(11)7(5(3-14)20-9)21-22(17,18)19/h2,5-7,9,14H,3H2,1H3,(H,12,15,16)(H2,17,18,19)/t5-,6-,7-,9-/m1/s1. The molecule has 1 fully saturated rings. The van der Waals surface area contributed by atoms with Crippen LogP contribution in [0.5, 0.6) is 0 Å². The third kappa shape index (κ3) is 3.35. The highest BCUT2D eigenvalue weighted by Crippen LogP contribution is 2.44. The Morgan fingerprint density at radius 3 is 2.68 bits per heavy atom. The first-order valence-electron chi connectivity index (χ1n) is 6.10. The molecule has 4 N–H and O–H groups in total. The lowest BCUT2D eigenvalue weighted by atomic mass is 10.1. The van der Waals surface area contributed by atoms with Crippen molar-refractivity contribution < 1.29 is 33.1 Å². The van der Waals surface area contributed by atoms with Gasteiger partial charge in [-0.2, -0.15) is 0 Å². The van der Waals surface area contributed by atoms with Gasteiger partial charge in [0.1, 0.15) is 12.2 Å². The minimum absolute atomic E-state index is 0.107. The molecule has 1 aromatic heterocycles. The number of alkyl halides is 1. The van der Waals surface area contributed by atoms with E-state index in [9.17, 15) is 18.5 Å². The van der Waals surface area contributed by atoms with Crippen LogP contribution in [0, 0.1) is 6.92 Å². The van der Waals surface area contributed by atoms with E-state index in [-0.39, 0.29) is 5.56 Å². The van der Waals surface area contributed by atoms with Crippen LogP contribution in [0.15, 0.2) is 15.8 Å². The second-order valence-corrected chi connectivity index (χ2v) is 5.92. The molecule has 0 amide bonds. The first-order valence-corrected chi connectivity index (χ1v) is 7.63. The normalized spacial score (nSPS) is 29.0. The van der Waals surface area contributed by atoms with E-state index in [4.69, 9.17) is 19.6 Å². The molecule has 22 heavy (non-hydrogen) atoms. The Bertz CT molecular complexity index is 712. The van der Waals surface area contributed by atoms with E-state index in [0.717, 1.165) is 10.8 Å². The van der Waals surface area contributed by atoms with Gasteiger partial charge in [0.2, 0.25) is 0 Å². The van der Waals surface area contributed by atoms with Gasteiger partial charge in [-0.15, -0.1) is 0 Å². The van der Waals surface area contributed by atoms with Crippen LogP contribution in [0.25, 0.3) is 0 Å². The zero-order chi connectivity index (χ0) is 16.7. The second kappa shape index (κ2) is 6.03. The molecule has 10 nitrogen and oxygen atoms in total. The maximum absolute atomic E-state index is 14.4. The molecule has 1 aliphatic heterocycles. The smallest absolute Gasteiger partial charge is 0.394 e. The maximum Gasteiger partial charge on any atom is 0.470 e. The van der Waals surface area contributed by atoms with E-state index < -0.39 is 50.3 Å². The van der Waals surface area contributed by atoms with Crippen molar-refractivity contribution in [3.63, 3.8) is 0 Å². The van der Waals surface area contributed by atoms with Crippen molar-refractivity contribution in [2.24, 2.45) is 0 Å². The zero-order valence-corrected chi connectivity index (χ0v) is 12.1. The van der Waals surface area contributed by atoms with Crippen molar-refractivity contribution in [1.29, 1.82) is 0 Å². The number of ether oxygens (including phenoxy) is 1. The van der Waals surface area contributed by atoms with E-state index in [0.29, 0.717) is 0 Å². The summed E-state index contributed by atoms with van der Waals surface area (Å²) in [6.45, 7) is 0.600. The Balaban J connectivity index is 2.38. The molecule has 2 heterocycles. The number of aryl methyl sites for hydroxylation is 1. The Morgan fingerprint density at radius 2 is 2.14 bits per heavy atom. The Hall–Kier alpha value is -1.36. The van der Waals surface area contributed by atoms with Crippen molar-refractivity contribution in [2.45, 2.75) is 31.5 Å². The van der Waals surface area contributed by atoms with Crippen LogP contribution >= 0.6 is 7.82 Å². The molecule has 1 saturated heterocycles. The molecule has 0 spiro atoms. The number of nitrogens with one attached hydrogen (secondary N) is 1. The molecular weight excluding hydrogens is 326 g/mol. The van der Waals surface area contributed by atoms with Gasteiger partial charge >= 0.3 is 13.5 Å². The molecule has 1 aliphatic rings. The van der Waals surface area contributed by atoms with Gasteiger partial charge < -0.3 is 19.6 Å². The molecule has 1 aromatic rings. The van der Waals surface area contributed by atoms with Gasteiger partial charge in [0, 0.05) is 11.8 Å². The topological polar surface area (TPSA) is 151 Å². The number of aromatic nitrogens is 2. The highest BCUT2D eigenvalue weighted by molar-refractivity contribution is 7.46. The number of hydrogen-bond donors (Lipinski definition) is 4. The predicted molar refractivity (Wildman–Crippen MR) is 68.9 cm³/mol. The van der Waals surface area contributed by atoms with Crippen LogP contribution in [0.3, 0.4) is 0 Å². The molecule has 4 atom stereocenters. The molecule has 0 radical (unpaired) electrons. The first kappa shape index (κ1) is 17.0. The summed E-state index contributed by atoms with van der Waals surface area (Å²) in [4.78, 5) is 42.5. The molecule has 0 aromatic carbocycles. The second-order valence-electron chi connectivity index (χ2n) is 4.73. The number of halogens is 1. The molecule has 0 unspecified atom stereocenters. The molecular formula is C10H14FN2O8P. The highest BCUT2D eigenvalue weighted by atomic mass is 31.2. The summed E-state index contributed by atoms with van der Waals surface area (Å²) in [5, 5.41) is 9.11. The monoisotopic (exact) mass is 340 g/mol. The summed E-state index contributed by atoms with van der Waals surface area (Å²) in [5.74, 6) is 0. The quantitative estimate of drug-likeness (QED) is 0.486. The van der Waals surface area contributed by atoms with Gasteiger partial charge in [0.15, 0.2) is 12.4 Å². The van der Waals surface area contributed by atoms with Gasteiger partial charge in [-0.25, -0.2) is 13.8 Å². The number of hydrogen-bond acceptors (Lipinski definition) is 6. The van der Waals surface area contributed by atoms with Crippen LogP contribution in [-0.4, -0.2) is 49.4 Å². The fraction of sp³-hybridized carbons (Fsp3) is 0.600. The van der Waals surface area contributed by atoms with Crippen molar-refractivity contribution in [2.75, 3.05) is 6.61 Å². The third-order valence-corrected chi connectivity index (χ3v) is 3.64. The molecule has 124 valence electrons. The van der Waals surface area contributed by atoms with Gasteiger partial charge in [0.25, 0.3) is 5.56 Å². The summed E-state index contributed by atoms with van der Waals surface area (Å²) in [6, 6.07) is 0. The molecule has 0 bridgehead atoms. The van der Waals surface area contributed by atoms with Crippen molar-refractivity contribution in [3.8, 4) is 0 Å². The summed E-state index contributed by atoms with van der Waals surface area (Å²) in [5.41, 5.74) is -1.51. The van der Waals surface area contributed by atoms with Crippen LogP contribution in [0.2, 0.25) is 0 Å². The number of aliphatic hydroxyl groups excluding tert-OH is 1. The maximum atomic E-state index is 14.4. The lowest BCUT2D eigenvalue weighted by Crippen LogP contribution is -2.37. The average Bonchev–Trinajstić information content (AvgIpc) is 2.69. The molecule has 2 rings (SSSR count). The highest BCUT2D eigenvalue weighted by Gasteiger charge is 2.49. The minimum atomic E-state index is -5.03. The number of aromatic amines is 1. The van der Waals surface area contributed by atoms with E-state index >= 15 is 0 Å². The molecule has 12 heteroatoms. The SMILES string of the molecule is Cc1cn([C@@H]2O[C@H](CO)[C@@H](OP(=O)(O)O)[C@H]2F)c(=O)[nH]c1=O. The van der Waals surface area contributed by atoms with E-state index in [1.165, 1.54) is 6.92 Å². The number of phosphoric acid groups is 1. The molecule has 0 saturated carbocycles. The van der Waals surface area contributed by atoms with Crippen LogP contribution in [0.4, 0.5) is 4.39 Å². The first-order chi connectivity index (χ1) is 10.1. The Kier molecular flexibility index (Phi) is 4.66. The third-order valence-electron chi connectivity index (χ3n) is 3.13. The lowest BCUT2D eigenvalue weighted by molar-refractivity contribution is -0.0487. The van der Waals surface area contributed by atoms with Crippen molar-refractivity contribution in [3.05, 3.63) is 32.6 Å². The average molecular weight is 340 g/mol. The number of rotatable bonds is 4. The summed E-state index contributed by atoms with van der Waals surface area (Å²) >= 11 is 0. The van der Waals surface area contributed by atoms with E-state index in [1.807, 2.05) is 4.98 Å². The number of nitrogens with zero attached hydrogens (tertiary/aromatic N) is 1. The Labute approximate surface area is 122 Å². The fourth-order valence-electron chi connectivity index (χ4n) is 2.12. The molecule has 0 aliphatic carbocycles. The van der Waals surface area contributed by atoms with E-state index in [1.54, 1.807) is 0 Å². The van der Waals surface area contributed by atoms with Crippen LogP contribution in [0.1, 0.15) is 11.8 Å². The van der Waals surface area contributed by atoms with Gasteiger partial charge in [0.05, 0.1) is 6.61 Å². The number of aliphatic hydroxyl groups is 1. The van der Waals surface area contributed by atoms with Gasteiger partial charge in [-0.1, -0.05) is 0 Å². The van der Waals surface area contributed by atoms with Gasteiger partial charge in [-0.3, -0.25) is 18.9 Å². The Morgan fingerprint density at radius 1 is 1.50 bits per heavy atom. The zero-order valence-electron chi connectivity index (χ0n) is 11.2. The largest absolute Gasteiger partial charge is 0.470 e. The fourth-order valence-corrected chi connectivity index (χ4v) is 2.69. The lowest BCUT2D eigenvalue weighted by Gasteiger charge is -2.18. The summed E-state index contributed by atoms with van der Waals surface area (Å²) in [6.07, 6.45) is -5.85. The van der Waals surface area contributed by atoms with Crippen molar-refractivity contribution >= 4 is 7.82 Å². The van der Waals surface area contributed by atoms with Crippen molar-refractivity contribution in [1.82, 2.24) is 9.55 Å². The van der Waals surface area contributed by atoms with Crippen LogP contribution in [-0.2, 0) is 13.8 Å². The number of phosphoric ester groups is 1.